The Hall–Kier alpha value is -2.23. The fourth-order valence-electron chi connectivity index (χ4n) is 2.61. The molecule has 1 amide bonds. The molecule has 1 fully saturated rings. The molecule has 1 aliphatic rings. The molecule has 1 aromatic heterocycles. The van der Waals surface area contributed by atoms with Gasteiger partial charge in [0.2, 0.25) is 0 Å². The first-order valence-electron chi connectivity index (χ1n) is 7.37. The fourth-order valence-corrected chi connectivity index (χ4v) is 2.61. The molecule has 3 rings (SSSR count). The molecule has 0 saturated carbocycles. The van der Waals surface area contributed by atoms with Gasteiger partial charge in [0.1, 0.15) is 5.76 Å². The quantitative estimate of drug-likeness (QED) is 0.933. The van der Waals surface area contributed by atoms with Crippen molar-refractivity contribution in [3.8, 4) is 0 Å². The van der Waals surface area contributed by atoms with Gasteiger partial charge in [-0.1, -0.05) is 0 Å². The van der Waals surface area contributed by atoms with Crippen LogP contribution in [0.1, 0.15) is 34.7 Å². The predicted molar refractivity (Wildman–Crippen MR) is 84.0 cm³/mol. The topological polar surface area (TPSA) is 45.5 Å². The second-order valence-corrected chi connectivity index (χ2v) is 5.55. The molecular weight excluding hydrogens is 264 g/mol. The Balaban J connectivity index is 1.68. The largest absolute Gasteiger partial charge is 0.456 e. The molecule has 4 heteroatoms. The van der Waals surface area contributed by atoms with Crippen LogP contribution in [0.2, 0.25) is 0 Å². The van der Waals surface area contributed by atoms with Crippen LogP contribution in [0.3, 0.4) is 0 Å². The van der Waals surface area contributed by atoms with Crippen LogP contribution in [0.15, 0.2) is 34.7 Å². The minimum atomic E-state index is -0.208. The second kappa shape index (κ2) is 5.64. The predicted octanol–water partition coefficient (Wildman–Crippen LogP) is 3.75. The third kappa shape index (κ3) is 2.94. The summed E-state index contributed by atoms with van der Waals surface area (Å²) in [6.07, 6.45) is 2.52. The van der Waals surface area contributed by atoms with E-state index in [-0.39, 0.29) is 5.91 Å². The molecule has 1 aliphatic heterocycles. The van der Waals surface area contributed by atoms with E-state index in [1.54, 1.807) is 6.07 Å². The van der Waals surface area contributed by atoms with E-state index >= 15 is 0 Å². The van der Waals surface area contributed by atoms with Crippen LogP contribution in [-0.2, 0) is 0 Å². The van der Waals surface area contributed by atoms with Crippen LogP contribution in [0.5, 0.6) is 0 Å². The molecule has 0 atom stereocenters. The number of amides is 1. The maximum absolute atomic E-state index is 12.1. The highest BCUT2D eigenvalue weighted by atomic mass is 16.3. The Kier molecular flexibility index (Phi) is 3.69. The van der Waals surface area contributed by atoms with Gasteiger partial charge in [0.05, 0.1) is 0 Å². The van der Waals surface area contributed by atoms with Gasteiger partial charge >= 0.3 is 0 Å². The summed E-state index contributed by atoms with van der Waals surface area (Å²) in [5.74, 6) is 0.929. The minimum absolute atomic E-state index is 0.208. The lowest BCUT2D eigenvalue weighted by atomic mass is 10.2. The Labute approximate surface area is 124 Å². The van der Waals surface area contributed by atoms with Crippen molar-refractivity contribution in [1.82, 2.24) is 0 Å². The van der Waals surface area contributed by atoms with E-state index in [1.165, 1.54) is 18.5 Å². The summed E-state index contributed by atoms with van der Waals surface area (Å²) in [6, 6.07) is 9.75. The van der Waals surface area contributed by atoms with Gasteiger partial charge < -0.3 is 14.6 Å². The van der Waals surface area contributed by atoms with E-state index < -0.39 is 0 Å². The van der Waals surface area contributed by atoms with E-state index in [1.807, 2.05) is 26.0 Å². The lowest BCUT2D eigenvalue weighted by Crippen LogP contribution is -2.17. The smallest absolute Gasteiger partial charge is 0.291 e. The van der Waals surface area contributed by atoms with E-state index in [0.717, 1.165) is 30.1 Å². The molecule has 1 N–H and O–H groups in total. The van der Waals surface area contributed by atoms with Crippen LogP contribution in [0.4, 0.5) is 11.4 Å². The summed E-state index contributed by atoms with van der Waals surface area (Å²) >= 11 is 0. The van der Waals surface area contributed by atoms with Gasteiger partial charge in [0, 0.05) is 24.5 Å². The molecule has 1 saturated heterocycles. The van der Waals surface area contributed by atoms with Crippen molar-refractivity contribution < 1.29 is 9.21 Å². The molecular formula is C17H20N2O2. The third-order valence-corrected chi connectivity index (χ3v) is 3.99. The van der Waals surface area contributed by atoms with Gasteiger partial charge in [-0.2, -0.15) is 0 Å². The van der Waals surface area contributed by atoms with E-state index in [4.69, 9.17) is 4.42 Å². The number of benzene rings is 1. The average Bonchev–Trinajstić information content (AvgIpc) is 3.11. The molecule has 2 heterocycles. The molecule has 1 aromatic carbocycles. The van der Waals surface area contributed by atoms with Crippen LogP contribution in [0, 0.1) is 13.8 Å². The van der Waals surface area contributed by atoms with Gasteiger partial charge in [-0.15, -0.1) is 0 Å². The van der Waals surface area contributed by atoms with E-state index in [0.29, 0.717) is 5.76 Å². The highest BCUT2D eigenvalue weighted by Gasteiger charge is 2.14. The Bertz CT molecular complexity index is 618. The summed E-state index contributed by atoms with van der Waals surface area (Å²) in [4.78, 5) is 14.5. The first kappa shape index (κ1) is 13.7. The third-order valence-electron chi connectivity index (χ3n) is 3.99. The summed E-state index contributed by atoms with van der Waals surface area (Å²) in [7, 11) is 0. The highest BCUT2D eigenvalue weighted by molar-refractivity contribution is 6.02. The molecule has 0 radical (unpaired) electrons. The van der Waals surface area contributed by atoms with Gasteiger partial charge in [-0.25, -0.2) is 0 Å². The van der Waals surface area contributed by atoms with Crippen molar-refractivity contribution in [2.24, 2.45) is 0 Å². The maximum atomic E-state index is 12.1. The lowest BCUT2D eigenvalue weighted by Gasteiger charge is -2.17. The lowest BCUT2D eigenvalue weighted by molar-refractivity contribution is 0.0995. The van der Waals surface area contributed by atoms with Crippen LogP contribution >= 0.6 is 0 Å². The van der Waals surface area contributed by atoms with Crippen molar-refractivity contribution >= 4 is 17.3 Å². The normalized spacial score (nSPS) is 14.5. The standard InChI is InChI=1S/C17H20N2O2/c1-12-11-16(21-13(12)2)17(20)18-14-5-7-15(8-6-14)19-9-3-4-10-19/h5-8,11H,3-4,9-10H2,1-2H3,(H,18,20). The van der Waals surface area contributed by atoms with Gasteiger partial charge in [0.25, 0.3) is 5.91 Å². The number of carbonyl (C=O) groups excluding carboxylic acids is 1. The molecule has 0 aliphatic carbocycles. The van der Waals surface area contributed by atoms with E-state index in [2.05, 4.69) is 22.3 Å². The molecule has 110 valence electrons. The molecule has 2 aromatic rings. The van der Waals surface area contributed by atoms with Gasteiger partial charge in [0.15, 0.2) is 5.76 Å². The number of rotatable bonds is 3. The van der Waals surface area contributed by atoms with Crippen molar-refractivity contribution in [2.45, 2.75) is 26.7 Å². The molecule has 0 unspecified atom stereocenters. The Morgan fingerprint density at radius 3 is 2.38 bits per heavy atom. The van der Waals surface area contributed by atoms with Crippen LogP contribution < -0.4 is 10.2 Å². The summed E-state index contributed by atoms with van der Waals surface area (Å²) in [5.41, 5.74) is 2.99. The second-order valence-electron chi connectivity index (χ2n) is 5.55. The summed E-state index contributed by atoms with van der Waals surface area (Å²) in [6.45, 7) is 6.03. The van der Waals surface area contributed by atoms with Crippen LogP contribution in [-0.4, -0.2) is 19.0 Å². The number of hydrogen-bond donors (Lipinski definition) is 1. The zero-order valence-corrected chi connectivity index (χ0v) is 12.5. The molecule has 4 nitrogen and oxygen atoms in total. The maximum Gasteiger partial charge on any atom is 0.291 e. The fraction of sp³-hybridized carbons (Fsp3) is 0.353. The average molecular weight is 284 g/mol. The SMILES string of the molecule is Cc1cc(C(=O)Nc2ccc(N3CCCC3)cc2)oc1C. The van der Waals surface area contributed by atoms with Gasteiger partial charge in [-0.3, -0.25) is 4.79 Å². The highest BCUT2D eigenvalue weighted by Crippen LogP contribution is 2.22. The summed E-state index contributed by atoms with van der Waals surface area (Å²) in [5, 5.41) is 2.87. The van der Waals surface area contributed by atoms with Crippen molar-refractivity contribution in [2.75, 3.05) is 23.3 Å². The number of hydrogen-bond acceptors (Lipinski definition) is 3. The van der Waals surface area contributed by atoms with Gasteiger partial charge in [-0.05, 0) is 62.6 Å². The molecule has 0 bridgehead atoms. The summed E-state index contributed by atoms with van der Waals surface area (Å²) < 4.78 is 5.43. The number of nitrogens with zero attached hydrogens (tertiary/aromatic N) is 1. The molecule has 21 heavy (non-hydrogen) atoms. The zero-order valence-electron chi connectivity index (χ0n) is 12.5. The zero-order chi connectivity index (χ0) is 14.8. The minimum Gasteiger partial charge on any atom is -0.456 e. The number of anilines is 2. The van der Waals surface area contributed by atoms with Crippen molar-refractivity contribution in [3.63, 3.8) is 0 Å². The Morgan fingerprint density at radius 1 is 1.14 bits per heavy atom. The number of furan rings is 1. The number of nitrogens with one attached hydrogen (secondary N) is 1. The van der Waals surface area contributed by atoms with Crippen molar-refractivity contribution in [1.29, 1.82) is 0 Å². The first-order chi connectivity index (χ1) is 10.1. The van der Waals surface area contributed by atoms with E-state index in [9.17, 15) is 4.79 Å². The van der Waals surface area contributed by atoms with Crippen molar-refractivity contribution in [3.05, 3.63) is 47.4 Å². The van der Waals surface area contributed by atoms with Crippen LogP contribution in [0.25, 0.3) is 0 Å². The first-order valence-corrected chi connectivity index (χ1v) is 7.37. The number of aryl methyl sites for hydroxylation is 2. The monoisotopic (exact) mass is 284 g/mol. The molecule has 0 spiro atoms. The number of carbonyl (C=O) groups is 1. The Morgan fingerprint density at radius 2 is 1.81 bits per heavy atom.